The molecular weight excluding hydrogens is 238 g/mol. The standard InChI is InChI=1S/C12H17NO5/c1-12(2,3)18-11(16)13-6-5-9(17-4)8(7-13)10(14)15/h5-6H,7H2,1-4H3,(H,14,15). The molecule has 1 aliphatic rings. The minimum atomic E-state index is -1.12. The smallest absolute Gasteiger partial charge is 0.414 e. The van der Waals surface area contributed by atoms with Gasteiger partial charge in [-0.3, -0.25) is 4.90 Å². The maximum absolute atomic E-state index is 11.8. The first kappa shape index (κ1) is 14.1. The molecule has 0 saturated heterocycles. The number of ether oxygens (including phenoxy) is 2. The second-order valence-corrected chi connectivity index (χ2v) is 4.78. The Morgan fingerprint density at radius 1 is 1.39 bits per heavy atom. The number of rotatable bonds is 2. The molecule has 0 spiro atoms. The van der Waals surface area contributed by atoms with Crippen molar-refractivity contribution >= 4 is 12.1 Å². The maximum Gasteiger partial charge on any atom is 0.414 e. The molecule has 0 aromatic rings. The number of amides is 1. The molecule has 1 rings (SSSR count). The van der Waals surface area contributed by atoms with Gasteiger partial charge in [0.1, 0.15) is 11.4 Å². The van der Waals surface area contributed by atoms with E-state index in [4.69, 9.17) is 14.6 Å². The van der Waals surface area contributed by atoms with E-state index in [0.29, 0.717) is 0 Å². The van der Waals surface area contributed by atoms with Crippen LogP contribution in [0.15, 0.2) is 23.6 Å². The minimum Gasteiger partial charge on any atom is -0.496 e. The number of hydrogen-bond acceptors (Lipinski definition) is 4. The van der Waals surface area contributed by atoms with E-state index in [1.807, 2.05) is 0 Å². The van der Waals surface area contributed by atoms with E-state index in [-0.39, 0.29) is 17.9 Å². The van der Waals surface area contributed by atoms with Crippen LogP contribution >= 0.6 is 0 Å². The van der Waals surface area contributed by atoms with Gasteiger partial charge in [0, 0.05) is 6.20 Å². The summed E-state index contributed by atoms with van der Waals surface area (Å²) in [6.07, 6.45) is 2.28. The number of aliphatic carboxylic acids is 1. The van der Waals surface area contributed by atoms with Gasteiger partial charge in [-0.05, 0) is 26.8 Å². The lowest BCUT2D eigenvalue weighted by atomic mass is 10.1. The fourth-order valence-electron chi connectivity index (χ4n) is 1.37. The van der Waals surface area contributed by atoms with Crippen molar-refractivity contribution in [3.05, 3.63) is 23.6 Å². The zero-order chi connectivity index (χ0) is 13.9. The molecule has 0 bridgehead atoms. The van der Waals surface area contributed by atoms with Crippen LogP contribution in [-0.4, -0.2) is 41.3 Å². The van der Waals surface area contributed by atoms with Crippen LogP contribution in [0.25, 0.3) is 0 Å². The van der Waals surface area contributed by atoms with E-state index in [1.165, 1.54) is 24.3 Å². The Bertz CT molecular complexity index is 417. The van der Waals surface area contributed by atoms with E-state index < -0.39 is 17.7 Å². The van der Waals surface area contributed by atoms with Crippen molar-refractivity contribution in [1.29, 1.82) is 0 Å². The van der Waals surface area contributed by atoms with Gasteiger partial charge < -0.3 is 14.6 Å². The predicted molar refractivity (Wildman–Crippen MR) is 63.8 cm³/mol. The summed E-state index contributed by atoms with van der Waals surface area (Å²) in [5.74, 6) is -0.882. The van der Waals surface area contributed by atoms with E-state index in [0.717, 1.165) is 0 Å². The molecule has 0 fully saturated rings. The van der Waals surface area contributed by atoms with Gasteiger partial charge in [0.2, 0.25) is 0 Å². The van der Waals surface area contributed by atoms with Crippen LogP contribution < -0.4 is 0 Å². The SMILES string of the molecule is COC1=C(C(=O)O)CN(C(=O)OC(C)(C)C)C=C1. The third-order valence-electron chi connectivity index (χ3n) is 2.14. The quantitative estimate of drug-likeness (QED) is 0.813. The summed E-state index contributed by atoms with van der Waals surface area (Å²) in [6.45, 7) is 5.15. The van der Waals surface area contributed by atoms with Crippen molar-refractivity contribution in [3.8, 4) is 0 Å². The highest BCUT2D eigenvalue weighted by molar-refractivity contribution is 5.89. The van der Waals surface area contributed by atoms with E-state index in [9.17, 15) is 9.59 Å². The molecule has 6 nitrogen and oxygen atoms in total. The molecule has 1 aliphatic heterocycles. The summed E-state index contributed by atoms with van der Waals surface area (Å²) in [4.78, 5) is 24.0. The second kappa shape index (κ2) is 5.12. The van der Waals surface area contributed by atoms with Gasteiger partial charge in [0.15, 0.2) is 0 Å². The van der Waals surface area contributed by atoms with Gasteiger partial charge in [-0.15, -0.1) is 0 Å². The Morgan fingerprint density at radius 3 is 2.44 bits per heavy atom. The average molecular weight is 255 g/mol. The third-order valence-corrected chi connectivity index (χ3v) is 2.14. The molecule has 18 heavy (non-hydrogen) atoms. The molecule has 0 aromatic heterocycles. The van der Waals surface area contributed by atoms with Gasteiger partial charge in [0.05, 0.1) is 19.2 Å². The van der Waals surface area contributed by atoms with Gasteiger partial charge in [0.25, 0.3) is 0 Å². The zero-order valence-corrected chi connectivity index (χ0v) is 10.9. The fraction of sp³-hybridized carbons (Fsp3) is 0.500. The molecule has 1 N–H and O–H groups in total. The van der Waals surface area contributed by atoms with Crippen LogP contribution in [0.2, 0.25) is 0 Å². The second-order valence-electron chi connectivity index (χ2n) is 4.78. The molecule has 0 saturated carbocycles. The Kier molecular flexibility index (Phi) is 4.00. The van der Waals surface area contributed by atoms with Crippen molar-refractivity contribution in [2.45, 2.75) is 26.4 Å². The lowest BCUT2D eigenvalue weighted by molar-refractivity contribution is -0.133. The molecule has 1 heterocycles. The topological polar surface area (TPSA) is 76.1 Å². The van der Waals surface area contributed by atoms with Crippen LogP contribution in [0.5, 0.6) is 0 Å². The van der Waals surface area contributed by atoms with E-state index in [1.54, 1.807) is 20.8 Å². The summed E-state index contributed by atoms with van der Waals surface area (Å²) in [7, 11) is 1.38. The van der Waals surface area contributed by atoms with Crippen LogP contribution in [0.1, 0.15) is 20.8 Å². The Balaban J connectivity index is 2.82. The van der Waals surface area contributed by atoms with E-state index >= 15 is 0 Å². The molecule has 0 atom stereocenters. The van der Waals surface area contributed by atoms with Crippen molar-refractivity contribution in [2.24, 2.45) is 0 Å². The van der Waals surface area contributed by atoms with E-state index in [2.05, 4.69) is 0 Å². The number of carbonyl (C=O) groups excluding carboxylic acids is 1. The summed E-state index contributed by atoms with van der Waals surface area (Å²) < 4.78 is 10.1. The Labute approximate surface area is 105 Å². The highest BCUT2D eigenvalue weighted by Gasteiger charge is 2.27. The Morgan fingerprint density at radius 2 is 2.00 bits per heavy atom. The van der Waals surface area contributed by atoms with Crippen LogP contribution in [-0.2, 0) is 14.3 Å². The number of allylic oxidation sites excluding steroid dienone is 1. The first-order valence-corrected chi connectivity index (χ1v) is 5.43. The summed E-state index contributed by atoms with van der Waals surface area (Å²) in [6, 6.07) is 0. The van der Waals surface area contributed by atoms with Crippen molar-refractivity contribution in [3.63, 3.8) is 0 Å². The first-order valence-electron chi connectivity index (χ1n) is 5.43. The summed E-state index contributed by atoms with van der Waals surface area (Å²) in [5.41, 5.74) is -0.606. The number of hydrogen-bond donors (Lipinski definition) is 1. The molecule has 0 aliphatic carbocycles. The zero-order valence-electron chi connectivity index (χ0n) is 10.9. The molecule has 6 heteroatoms. The monoisotopic (exact) mass is 255 g/mol. The Hall–Kier alpha value is -1.98. The third kappa shape index (κ3) is 3.51. The predicted octanol–water partition coefficient (Wildman–Crippen LogP) is 1.74. The molecule has 0 aromatic carbocycles. The number of nitrogens with zero attached hydrogens (tertiary/aromatic N) is 1. The summed E-state index contributed by atoms with van der Waals surface area (Å²) >= 11 is 0. The van der Waals surface area contributed by atoms with Gasteiger partial charge in [-0.1, -0.05) is 0 Å². The number of methoxy groups -OCH3 is 1. The molecule has 1 amide bonds. The summed E-state index contributed by atoms with van der Waals surface area (Å²) in [5, 5.41) is 9.02. The van der Waals surface area contributed by atoms with Gasteiger partial charge >= 0.3 is 12.1 Å². The normalized spacial score (nSPS) is 15.7. The van der Waals surface area contributed by atoms with Crippen molar-refractivity contribution < 1.29 is 24.2 Å². The maximum atomic E-state index is 11.8. The largest absolute Gasteiger partial charge is 0.496 e. The average Bonchev–Trinajstić information content (AvgIpc) is 2.25. The lowest BCUT2D eigenvalue weighted by Crippen LogP contribution is -2.37. The fourth-order valence-corrected chi connectivity index (χ4v) is 1.37. The lowest BCUT2D eigenvalue weighted by Gasteiger charge is -2.27. The first-order chi connectivity index (χ1) is 8.24. The van der Waals surface area contributed by atoms with Crippen LogP contribution in [0.4, 0.5) is 4.79 Å². The highest BCUT2D eigenvalue weighted by Crippen LogP contribution is 2.18. The number of carboxylic acids is 1. The number of carboxylic acid groups (broad SMARTS) is 1. The molecular formula is C12H17NO5. The van der Waals surface area contributed by atoms with Crippen LogP contribution in [0.3, 0.4) is 0 Å². The van der Waals surface area contributed by atoms with Crippen molar-refractivity contribution in [1.82, 2.24) is 4.90 Å². The van der Waals surface area contributed by atoms with Crippen molar-refractivity contribution in [2.75, 3.05) is 13.7 Å². The molecule has 0 unspecified atom stereocenters. The molecule has 100 valence electrons. The molecule has 0 radical (unpaired) electrons. The van der Waals surface area contributed by atoms with Gasteiger partial charge in [-0.2, -0.15) is 0 Å². The minimum absolute atomic E-state index is 0.0193. The number of carbonyl (C=O) groups is 2. The van der Waals surface area contributed by atoms with Gasteiger partial charge in [-0.25, -0.2) is 9.59 Å². The highest BCUT2D eigenvalue weighted by atomic mass is 16.6. The van der Waals surface area contributed by atoms with Crippen LogP contribution in [0, 0.1) is 0 Å².